The zero-order valence-electron chi connectivity index (χ0n) is 16.2. The summed E-state index contributed by atoms with van der Waals surface area (Å²) in [4.78, 5) is 25.3. The summed E-state index contributed by atoms with van der Waals surface area (Å²) in [6.45, 7) is 4.08. The van der Waals surface area contributed by atoms with E-state index >= 15 is 0 Å². The molecule has 2 aliphatic heterocycles. The average molecular weight is 393 g/mol. The fourth-order valence-electron chi connectivity index (χ4n) is 4.32. The van der Waals surface area contributed by atoms with Gasteiger partial charge in [-0.3, -0.25) is 4.79 Å². The zero-order valence-corrected chi connectivity index (χ0v) is 16.2. The standard InChI is InChI=1S/C21H23N5O3/c1-9-19(28)16(27)6-11-8-22-21(29)13-7-15(25-17(11)13)12-4-3-5-14-18(12)26-20(24-9)10(2)23-14/h3-5,7,9,11,16,19,25,27-28H,6,8H2,1-2H3,(H,22,29)(H,24,26). The molecule has 3 aromatic rings. The Bertz CT molecular complexity index is 1120. The maximum Gasteiger partial charge on any atom is 0.253 e. The minimum Gasteiger partial charge on any atom is -0.390 e. The second kappa shape index (κ2) is 6.53. The highest BCUT2D eigenvalue weighted by atomic mass is 16.3. The Morgan fingerprint density at radius 3 is 2.83 bits per heavy atom. The topological polar surface area (TPSA) is 123 Å². The van der Waals surface area contributed by atoms with Crippen molar-refractivity contribution in [2.24, 2.45) is 0 Å². The van der Waals surface area contributed by atoms with E-state index in [4.69, 9.17) is 4.98 Å². The summed E-state index contributed by atoms with van der Waals surface area (Å²) in [5.41, 5.74) is 5.16. The number of para-hydroxylation sites is 1. The van der Waals surface area contributed by atoms with Crippen LogP contribution < -0.4 is 10.6 Å². The van der Waals surface area contributed by atoms with Crippen molar-refractivity contribution < 1.29 is 15.0 Å². The lowest BCUT2D eigenvalue weighted by atomic mass is 9.89. The molecule has 0 saturated heterocycles. The van der Waals surface area contributed by atoms with Gasteiger partial charge in [-0.25, -0.2) is 9.97 Å². The molecule has 5 N–H and O–H groups in total. The van der Waals surface area contributed by atoms with Gasteiger partial charge in [-0.05, 0) is 32.4 Å². The summed E-state index contributed by atoms with van der Waals surface area (Å²) < 4.78 is 0. The quantitative estimate of drug-likeness (QED) is 0.396. The maximum absolute atomic E-state index is 12.4. The van der Waals surface area contributed by atoms with Crippen LogP contribution in [0.3, 0.4) is 0 Å². The van der Waals surface area contributed by atoms with Crippen LogP contribution in [0.5, 0.6) is 0 Å². The number of aromatic nitrogens is 3. The van der Waals surface area contributed by atoms with Gasteiger partial charge in [0.05, 0.1) is 35.0 Å². The molecule has 0 fully saturated rings. The minimum absolute atomic E-state index is 0.121. The first kappa shape index (κ1) is 18.1. The molecule has 0 saturated carbocycles. The van der Waals surface area contributed by atoms with E-state index in [1.807, 2.05) is 38.1 Å². The van der Waals surface area contributed by atoms with Crippen LogP contribution in [0.2, 0.25) is 0 Å². The highest BCUT2D eigenvalue weighted by Gasteiger charge is 2.33. The van der Waals surface area contributed by atoms with Gasteiger partial charge in [-0.1, -0.05) is 12.1 Å². The maximum atomic E-state index is 12.4. The number of hydrogen-bond acceptors (Lipinski definition) is 6. The number of hydrogen-bond donors (Lipinski definition) is 5. The van der Waals surface area contributed by atoms with Crippen molar-refractivity contribution in [1.82, 2.24) is 20.3 Å². The van der Waals surface area contributed by atoms with E-state index in [0.717, 1.165) is 22.5 Å². The average Bonchev–Trinajstić information content (AvgIpc) is 3.15. The van der Waals surface area contributed by atoms with Gasteiger partial charge < -0.3 is 25.8 Å². The van der Waals surface area contributed by atoms with Gasteiger partial charge in [-0.2, -0.15) is 0 Å². The Morgan fingerprint density at radius 1 is 1.17 bits per heavy atom. The smallest absolute Gasteiger partial charge is 0.253 e. The molecule has 0 spiro atoms. The lowest BCUT2D eigenvalue weighted by Gasteiger charge is -2.30. The van der Waals surface area contributed by atoms with Crippen molar-refractivity contribution >= 4 is 22.8 Å². The first-order chi connectivity index (χ1) is 13.9. The molecule has 4 atom stereocenters. The number of anilines is 1. The number of benzene rings is 1. The number of carbonyl (C=O) groups excluding carboxylic acids is 1. The molecule has 1 aromatic carbocycles. The van der Waals surface area contributed by atoms with Gasteiger partial charge in [0.1, 0.15) is 11.3 Å². The molecule has 4 unspecified atom stereocenters. The fourth-order valence-corrected chi connectivity index (χ4v) is 4.32. The van der Waals surface area contributed by atoms with Crippen LogP contribution in [0.15, 0.2) is 24.3 Å². The van der Waals surface area contributed by atoms with Gasteiger partial charge in [-0.15, -0.1) is 0 Å². The second-order valence-corrected chi connectivity index (χ2v) is 7.97. The van der Waals surface area contributed by atoms with Crippen LogP contribution in [0.25, 0.3) is 22.3 Å². The van der Waals surface area contributed by atoms with Crippen LogP contribution in [0.1, 0.15) is 41.0 Å². The summed E-state index contributed by atoms with van der Waals surface area (Å²) in [7, 11) is 0. The molecule has 150 valence electrons. The number of aliphatic hydroxyl groups is 2. The number of H-pyrrole nitrogens is 1. The third-order valence-corrected chi connectivity index (χ3v) is 5.97. The lowest BCUT2D eigenvalue weighted by molar-refractivity contribution is 0.00225. The van der Waals surface area contributed by atoms with Crippen molar-refractivity contribution in [2.75, 3.05) is 11.9 Å². The highest BCUT2D eigenvalue weighted by molar-refractivity contribution is 6.00. The van der Waals surface area contributed by atoms with Gasteiger partial charge in [0.25, 0.3) is 5.91 Å². The van der Waals surface area contributed by atoms with Gasteiger partial charge in [0.15, 0.2) is 0 Å². The Morgan fingerprint density at radius 2 is 2.00 bits per heavy atom. The summed E-state index contributed by atoms with van der Waals surface area (Å²) in [5, 5.41) is 27.5. The van der Waals surface area contributed by atoms with Crippen molar-refractivity contribution in [3.63, 3.8) is 0 Å². The van der Waals surface area contributed by atoms with E-state index in [1.165, 1.54) is 0 Å². The van der Waals surface area contributed by atoms with Crippen molar-refractivity contribution in [3.05, 3.63) is 41.2 Å². The van der Waals surface area contributed by atoms with Crippen LogP contribution >= 0.6 is 0 Å². The zero-order chi connectivity index (χ0) is 20.3. The number of amides is 1. The summed E-state index contributed by atoms with van der Waals surface area (Å²) >= 11 is 0. The molecule has 4 heterocycles. The van der Waals surface area contributed by atoms with E-state index < -0.39 is 18.2 Å². The van der Waals surface area contributed by atoms with Gasteiger partial charge in [0, 0.05) is 29.4 Å². The van der Waals surface area contributed by atoms with Gasteiger partial charge in [0.2, 0.25) is 0 Å². The number of aromatic amines is 1. The molecule has 5 rings (SSSR count). The Kier molecular flexibility index (Phi) is 4.07. The number of nitrogens with one attached hydrogen (secondary N) is 3. The van der Waals surface area contributed by atoms with Crippen LogP contribution in [-0.2, 0) is 0 Å². The Hall–Kier alpha value is -2.97. The summed E-state index contributed by atoms with van der Waals surface area (Å²) in [6.07, 6.45) is -1.64. The monoisotopic (exact) mass is 393 g/mol. The molecule has 1 amide bonds. The number of carbonyl (C=O) groups is 1. The fraction of sp³-hybridized carbons (Fsp3) is 0.381. The van der Waals surface area contributed by atoms with E-state index in [0.29, 0.717) is 35.6 Å². The van der Waals surface area contributed by atoms with E-state index in [-0.39, 0.29) is 11.8 Å². The molecule has 8 heteroatoms. The van der Waals surface area contributed by atoms with E-state index in [1.54, 1.807) is 0 Å². The molecule has 29 heavy (non-hydrogen) atoms. The summed E-state index contributed by atoms with van der Waals surface area (Å²) in [6, 6.07) is 7.18. The van der Waals surface area contributed by atoms with Crippen molar-refractivity contribution in [1.29, 1.82) is 0 Å². The van der Waals surface area contributed by atoms with Gasteiger partial charge >= 0.3 is 0 Å². The lowest BCUT2D eigenvalue weighted by Crippen LogP contribution is -2.43. The number of fused-ring (bicyclic) bond motifs is 3. The second-order valence-electron chi connectivity index (χ2n) is 7.97. The predicted molar refractivity (Wildman–Crippen MR) is 109 cm³/mol. The largest absolute Gasteiger partial charge is 0.390 e. The minimum atomic E-state index is -1.00. The number of nitrogens with zero attached hydrogens (tertiary/aromatic N) is 2. The first-order valence-electron chi connectivity index (χ1n) is 9.84. The summed E-state index contributed by atoms with van der Waals surface area (Å²) in [5.74, 6) is 0.305. The highest BCUT2D eigenvalue weighted by Crippen LogP contribution is 2.35. The van der Waals surface area contributed by atoms with Crippen LogP contribution in [-0.4, -0.2) is 55.9 Å². The van der Waals surface area contributed by atoms with Crippen LogP contribution in [0, 0.1) is 6.92 Å². The van der Waals surface area contributed by atoms with Crippen molar-refractivity contribution in [2.45, 2.75) is 44.4 Å². The van der Waals surface area contributed by atoms with Crippen LogP contribution in [0.4, 0.5) is 5.82 Å². The number of rotatable bonds is 0. The third-order valence-electron chi connectivity index (χ3n) is 5.97. The van der Waals surface area contributed by atoms with E-state index in [9.17, 15) is 15.0 Å². The normalized spacial score (nSPS) is 26.3. The molecule has 0 aliphatic carbocycles. The molecule has 8 nitrogen and oxygen atoms in total. The first-order valence-corrected chi connectivity index (χ1v) is 9.84. The Balaban J connectivity index is 1.78. The number of aliphatic hydroxyl groups excluding tert-OH is 2. The molecule has 4 bridgehead atoms. The third kappa shape index (κ3) is 2.87. The van der Waals surface area contributed by atoms with E-state index in [2.05, 4.69) is 20.6 Å². The molecule has 0 radical (unpaired) electrons. The van der Waals surface area contributed by atoms with Crippen molar-refractivity contribution in [3.8, 4) is 11.3 Å². The molecular weight excluding hydrogens is 370 g/mol. The molecular formula is C21H23N5O3. The number of aryl methyl sites for hydroxylation is 1. The molecule has 2 aromatic heterocycles. The Labute approximate surface area is 167 Å². The SMILES string of the molecule is Cc1nc2cccc3c2nc1NC(C)C(O)C(O)CC1CNC(=O)c2cc-3[nH]c21. The molecule has 2 aliphatic rings. The predicted octanol–water partition coefficient (Wildman–Crippen LogP) is 1.69.